The highest BCUT2D eigenvalue weighted by atomic mass is 16.2. The Morgan fingerprint density at radius 3 is 1.76 bits per heavy atom. The standard InChI is InChI=1S/C16H34O/c1-3-5-6-10-13-16(4-2)14-11-8-7-9-12-15-17/h16-17H,3-15H2,1-2H3. The third-order valence-corrected chi connectivity index (χ3v) is 3.81. The van der Waals surface area contributed by atoms with Crippen LogP contribution >= 0.6 is 0 Å². The summed E-state index contributed by atoms with van der Waals surface area (Å²) in [7, 11) is 0. The fraction of sp³-hybridized carbons (Fsp3) is 1.00. The van der Waals surface area contributed by atoms with Crippen molar-refractivity contribution in [2.45, 2.75) is 90.9 Å². The maximum Gasteiger partial charge on any atom is 0.0431 e. The third-order valence-electron chi connectivity index (χ3n) is 3.81. The van der Waals surface area contributed by atoms with Gasteiger partial charge in [-0.25, -0.2) is 0 Å². The van der Waals surface area contributed by atoms with E-state index in [1.807, 2.05) is 0 Å². The smallest absolute Gasteiger partial charge is 0.0431 e. The number of hydrogen-bond donors (Lipinski definition) is 1. The number of unbranched alkanes of at least 4 members (excludes halogenated alkanes) is 7. The van der Waals surface area contributed by atoms with Crippen LogP contribution in [0.2, 0.25) is 0 Å². The zero-order chi connectivity index (χ0) is 12.8. The van der Waals surface area contributed by atoms with E-state index in [4.69, 9.17) is 5.11 Å². The molecule has 0 amide bonds. The first-order valence-electron chi connectivity index (χ1n) is 7.96. The number of aliphatic hydroxyl groups is 1. The molecule has 0 aromatic rings. The van der Waals surface area contributed by atoms with Crippen molar-refractivity contribution in [2.24, 2.45) is 5.92 Å². The maximum absolute atomic E-state index is 8.69. The van der Waals surface area contributed by atoms with Gasteiger partial charge in [0.05, 0.1) is 0 Å². The van der Waals surface area contributed by atoms with Crippen LogP contribution in [0.5, 0.6) is 0 Å². The summed E-state index contributed by atoms with van der Waals surface area (Å²) in [6.45, 7) is 4.99. The molecule has 1 unspecified atom stereocenters. The minimum Gasteiger partial charge on any atom is -0.396 e. The quantitative estimate of drug-likeness (QED) is 0.434. The van der Waals surface area contributed by atoms with Gasteiger partial charge in [0.25, 0.3) is 0 Å². The Kier molecular flexibility index (Phi) is 14.0. The summed E-state index contributed by atoms with van der Waals surface area (Å²) in [6, 6.07) is 0. The molecular weight excluding hydrogens is 208 g/mol. The zero-order valence-electron chi connectivity index (χ0n) is 12.2. The van der Waals surface area contributed by atoms with Gasteiger partial charge in [0.15, 0.2) is 0 Å². The lowest BCUT2D eigenvalue weighted by Crippen LogP contribution is -1.99. The molecule has 0 aliphatic carbocycles. The summed E-state index contributed by atoms with van der Waals surface area (Å²) < 4.78 is 0. The van der Waals surface area contributed by atoms with Crippen LogP contribution < -0.4 is 0 Å². The topological polar surface area (TPSA) is 20.2 Å². The fourth-order valence-corrected chi connectivity index (χ4v) is 2.49. The van der Waals surface area contributed by atoms with Gasteiger partial charge in [-0.2, -0.15) is 0 Å². The van der Waals surface area contributed by atoms with Gasteiger partial charge in [0, 0.05) is 6.61 Å². The summed E-state index contributed by atoms with van der Waals surface area (Å²) >= 11 is 0. The van der Waals surface area contributed by atoms with Crippen molar-refractivity contribution in [1.29, 1.82) is 0 Å². The van der Waals surface area contributed by atoms with Gasteiger partial charge in [0.1, 0.15) is 0 Å². The van der Waals surface area contributed by atoms with E-state index in [9.17, 15) is 0 Å². The molecule has 0 aromatic heterocycles. The Morgan fingerprint density at radius 2 is 1.24 bits per heavy atom. The fourth-order valence-electron chi connectivity index (χ4n) is 2.49. The lowest BCUT2D eigenvalue weighted by Gasteiger charge is -2.14. The van der Waals surface area contributed by atoms with Gasteiger partial charge >= 0.3 is 0 Å². The molecule has 0 radical (unpaired) electrons. The van der Waals surface area contributed by atoms with E-state index < -0.39 is 0 Å². The predicted octanol–water partition coefficient (Wildman–Crippen LogP) is 5.32. The second kappa shape index (κ2) is 14.0. The SMILES string of the molecule is CCCCCCC(CC)CCCCCCCO. The predicted molar refractivity (Wildman–Crippen MR) is 77.3 cm³/mol. The van der Waals surface area contributed by atoms with Crippen molar-refractivity contribution in [3.8, 4) is 0 Å². The van der Waals surface area contributed by atoms with Crippen molar-refractivity contribution >= 4 is 0 Å². The first-order valence-corrected chi connectivity index (χ1v) is 7.96. The van der Waals surface area contributed by atoms with Crippen molar-refractivity contribution < 1.29 is 5.11 Å². The molecule has 1 atom stereocenters. The third kappa shape index (κ3) is 12.2. The lowest BCUT2D eigenvalue weighted by atomic mass is 9.92. The molecule has 1 N–H and O–H groups in total. The van der Waals surface area contributed by atoms with E-state index in [2.05, 4.69) is 13.8 Å². The molecule has 0 spiro atoms. The second-order valence-electron chi connectivity index (χ2n) is 5.40. The highest BCUT2D eigenvalue weighted by Gasteiger charge is 2.05. The van der Waals surface area contributed by atoms with Gasteiger partial charge in [-0.05, 0) is 12.3 Å². The number of hydrogen-bond acceptors (Lipinski definition) is 1. The van der Waals surface area contributed by atoms with E-state index in [1.54, 1.807) is 0 Å². The molecule has 0 saturated carbocycles. The van der Waals surface area contributed by atoms with E-state index in [-0.39, 0.29) is 0 Å². The van der Waals surface area contributed by atoms with E-state index in [0.717, 1.165) is 12.3 Å². The van der Waals surface area contributed by atoms with Gasteiger partial charge in [-0.1, -0.05) is 84.5 Å². The molecule has 0 aliphatic rings. The largest absolute Gasteiger partial charge is 0.396 e. The highest BCUT2D eigenvalue weighted by Crippen LogP contribution is 2.21. The Morgan fingerprint density at radius 1 is 0.706 bits per heavy atom. The minimum absolute atomic E-state index is 0.370. The van der Waals surface area contributed by atoms with Gasteiger partial charge in [-0.3, -0.25) is 0 Å². The molecule has 0 fully saturated rings. The van der Waals surface area contributed by atoms with E-state index >= 15 is 0 Å². The second-order valence-corrected chi connectivity index (χ2v) is 5.40. The van der Waals surface area contributed by atoms with Crippen LogP contribution in [0.15, 0.2) is 0 Å². The van der Waals surface area contributed by atoms with Crippen molar-refractivity contribution in [1.82, 2.24) is 0 Å². The van der Waals surface area contributed by atoms with Gasteiger partial charge in [0.2, 0.25) is 0 Å². The van der Waals surface area contributed by atoms with Gasteiger partial charge < -0.3 is 5.11 Å². The minimum atomic E-state index is 0.370. The summed E-state index contributed by atoms with van der Waals surface area (Å²) in [5, 5.41) is 8.69. The van der Waals surface area contributed by atoms with Crippen molar-refractivity contribution in [2.75, 3.05) is 6.61 Å². The Hall–Kier alpha value is -0.0400. The number of rotatable bonds is 13. The Labute approximate surface area is 109 Å². The van der Waals surface area contributed by atoms with Crippen LogP contribution in [0.3, 0.4) is 0 Å². The molecular formula is C16H34O. The van der Waals surface area contributed by atoms with Crippen LogP contribution in [-0.2, 0) is 0 Å². The summed E-state index contributed by atoms with van der Waals surface area (Å²) in [5.41, 5.74) is 0. The van der Waals surface area contributed by atoms with Crippen molar-refractivity contribution in [3.05, 3.63) is 0 Å². The monoisotopic (exact) mass is 242 g/mol. The summed E-state index contributed by atoms with van der Waals surface area (Å²) in [5.74, 6) is 0.977. The van der Waals surface area contributed by atoms with E-state index in [1.165, 1.54) is 70.6 Å². The maximum atomic E-state index is 8.69. The summed E-state index contributed by atoms with van der Waals surface area (Å²) in [4.78, 5) is 0. The highest BCUT2D eigenvalue weighted by molar-refractivity contribution is 4.58. The molecule has 104 valence electrons. The van der Waals surface area contributed by atoms with E-state index in [0.29, 0.717) is 6.61 Å². The first kappa shape index (κ1) is 17.0. The summed E-state index contributed by atoms with van der Waals surface area (Å²) in [6.07, 6.45) is 16.2. The van der Waals surface area contributed by atoms with Crippen LogP contribution in [0.25, 0.3) is 0 Å². The molecule has 1 heteroatoms. The molecule has 0 bridgehead atoms. The van der Waals surface area contributed by atoms with Crippen LogP contribution in [-0.4, -0.2) is 11.7 Å². The first-order chi connectivity index (χ1) is 8.35. The lowest BCUT2D eigenvalue weighted by molar-refractivity contribution is 0.281. The molecule has 17 heavy (non-hydrogen) atoms. The Bertz CT molecular complexity index is 133. The molecule has 0 aliphatic heterocycles. The van der Waals surface area contributed by atoms with Crippen LogP contribution in [0, 0.1) is 5.92 Å². The zero-order valence-corrected chi connectivity index (χ0v) is 12.2. The van der Waals surface area contributed by atoms with Gasteiger partial charge in [-0.15, -0.1) is 0 Å². The number of aliphatic hydroxyl groups excluding tert-OH is 1. The molecule has 0 aromatic carbocycles. The van der Waals surface area contributed by atoms with Crippen LogP contribution in [0.4, 0.5) is 0 Å². The molecule has 0 saturated heterocycles. The van der Waals surface area contributed by atoms with Crippen LogP contribution in [0.1, 0.15) is 90.9 Å². The average molecular weight is 242 g/mol. The normalized spacial score (nSPS) is 12.9. The molecule has 1 nitrogen and oxygen atoms in total. The molecule has 0 heterocycles. The average Bonchev–Trinajstić information content (AvgIpc) is 2.36. The molecule has 0 rings (SSSR count). The van der Waals surface area contributed by atoms with Crippen molar-refractivity contribution in [3.63, 3.8) is 0 Å². The Balaban J connectivity index is 3.28.